The second-order valence-corrected chi connectivity index (χ2v) is 6.02. The summed E-state index contributed by atoms with van der Waals surface area (Å²) in [4.78, 5) is 12.0. The van der Waals surface area contributed by atoms with Gasteiger partial charge < -0.3 is 5.32 Å². The van der Waals surface area contributed by atoms with Gasteiger partial charge in [-0.25, -0.2) is 4.39 Å². The Labute approximate surface area is 146 Å². The number of nitrogens with one attached hydrogen (secondary N) is 1. The SMILES string of the molecule is O=C(CSc1nnnn1-c1cccc(F)c1)Nc1ccccc1Cl. The van der Waals surface area contributed by atoms with E-state index in [2.05, 4.69) is 20.8 Å². The Morgan fingerprint density at radius 1 is 1.25 bits per heavy atom. The lowest BCUT2D eigenvalue weighted by Crippen LogP contribution is -2.14. The molecule has 9 heteroatoms. The first-order chi connectivity index (χ1) is 11.6. The fourth-order valence-corrected chi connectivity index (χ4v) is 2.79. The third kappa shape index (κ3) is 3.90. The monoisotopic (exact) mass is 363 g/mol. The summed E-state index contributed by atoms with van der Waals surface area (Å²) in [5.74, 6) is -0.557. The van der Waals surface area contributed by atoms with E-state index in [1.54, 1.807) is 36.4 Å². The first-order valence-corrected chi connectivity index (χ1v) is 8.21. The van der Waals surface area contributed by atoms with Crippen molar-refractivity contribution in [2.24, 2.45) is 0 Å². The Hall–Kier alpha value is -2.45. The summed E-state index contributed by atoms with van der Waals surface area (Å²) >= 11 is 7.13. The van der Waals surface area contributed by atoms with Crippen LogP contribution in [0.25, 0.3) is 5.69 Å². The molecule has 0 spiro atoms. The van der Waals surface area contributed by atoms with Gasteiger partial charge in [0.05, 0.1) is 22.2 Å². The molecule has 0 saturated carbocycles. The van der Waals surface area contributed by atoms with Crippen LogP contribution in [0.3, 0.4) is 0 Å². The number of carbonyl (C=O) groups excluding carboxylic acids is 1. The second kappa shape index (κ2) is 7.41. The van der Waals surface area contributed by atoms with E-state index in [0.717, 1.165) is 11.8 Å². The van der Waals surface area contributed by atoms with Crippen molar-refractivity contribution < 1.29 is 9.18 Å². The number of amides is 1. The number of rotatable bonds is 5. The zero-order valence-corrected chi connectivity index (χ0v) is 13.8. The Morgan fingerprint density at radius 3 is 2.88 bits per heavy atom. The highest BCUT2D eigenvalue weighted by atomic mass is 35.5. The summed E-state index contributed by atoms with van der Waals surface area (Å²) in [6, 6.07) is 12.8. The van der Waals surface area contributed by atoms with Crippen molar-refractivity contribution >= 4 is 35.0 Å². The van der Waals surface area contributed by atoms with Crippen molar-refractivity contribution in [3.63, 3.8) is 0 Å². The predicted molar refractivity (Wildman–Crippen MR) is 89.9 cm³/mol. The zero-order valence-electron chi connectivity index (χ0n) is 12.2. The highest BCUT2D eigenvalue weighted by Crippen LogP contribution is 2.22. The highest BCUT2D eigenvalue weighted by molar-refractivity contribution is 7.99. The van der Waals surface area contributed by atoms with E-state index in [1.807, 2.05) is 0 Å². The van der Waals surface area contributed by atoms with Crippen molar-refractivity contribution in [2.45, 2.75) is 5.16 Å². The van der Waals surface area contributed by atoms with Crippen molar-refractivity contribution in [3.8, 4) is 5.69 Å². The zero-order chi connectivity index (χ0) is 16.9. The normalized spacial score (nSPS) is 10.6. The maximum Gasteiger partial charge on any atom is 0.234 e. The van der Waals surface area contributed by atoms with Gasteiger partial charge in [0.15, 0.2) is 0 Å². The molecule has 6 nitrogen and oxygen atoms in total. The molecule has 0 radical (unpaired) electrons. The third-order valence-electron chi connectivity index (χ3n) is 2.97. The van der Waals surface area contributed by atoms with Crippen molar-refractivity contribution in [3.05, 3.63) is 59.4 Å². The molecule has 1 N–H and O–H groups in total. The summed E-state index contributed by atoms with van der Waals surface area (Å²) in [6.45, 7) is 0. The van der Waals surface area contributed by atoms with Gasteiger partial charge in [0.1, 0.15) is 5.82 Å². The van der Waals surface area contributed by atoms with Gasteiger partial charge in [0.2, 0.25) is 11.1 Å². The number of hydrogen-bond donors (Lipinski definition) is 1. The molecule has 0 bridgehead atoms. The number of thioether (sulfide) groups is 1. The van der Waals surface area contributed by atoms with E-state index >= 15 is 0 Å². The minimum Gasteiger partial charge on any atom is -0.324 e. The minimum absolute atomic E-state index is 0.0842. The molecule has 3 rings (SSSR count). The Balaban J connectivity index is 1.67. The molecule has 1 heterocycles. The smallest absolute Gasteiger partial charge is 0.234 e. The fourth-order valence-electron chi connectivity index (χ4n) is 1.92. The van der Waals surface area contributed by atoms with Crippen molar-refractivity contribution in [2.75, 3.05) is 11.1 Å². The predicted octanol–water partition coefficient (Wildman–Crippen LogP) is 3.19. The maximum atomic E-state index is 13.3. The van der Waals surface area contributed by atoms with Gasteiger partial charge in [-0.3, -0.25) is 4.79 Å². The van der Waals surface area contributed by atoms with Crippen LogP contribution in [0.1, 0.15) is 0 Å². The standard InChI is InChI=1S/C15H11ClFN5OS/c16-12-6-1-2-7-13(12)18-14(23)9-24-15-19-20-21-22(15)11-5-3-4-10(17)8-11/h1-8H,9H2,(H,18,23). The number of anilines is 1. The number of halogens is 2. The van der Waals surface area contributed by atoms with Crippen LogP contribution >= 0.6 is 23.4 Å². The summed E-state index contributed by atoms with van der Waals surface area (Å²) in [5.41, 5.74) is 1.02. The van der Waals surface area contributed by atoms with Crippen LogP contribution in [-0.2, 0) is 4.79 Å². The van der Waals surface area contributed by atoms with Crippen molar-refractivity contribution in [1.82, 2.24) is 20.2 Å². The van der Waals surface area contributed by atoms with E-state index in [4.69, 9.17) is 11.6 Å². The molecule has 0 saturated heterocycles. The molecular formula is C15H11ClFN5OS. The summed E-state index contributed by atoms with van der Waals surface area (Å²) in [7, 11) is 0. The number of tetrazole rings is 1. The molecule has 2 aromatic carbocycles. The number of para-hydroxylation sites is 1. The maximum absolute atomic E-state index is 13.3. The quantitative estimate of drug-likeness (QED) is 0.705. The molecule has 24 heavy (non-hydrogen) atoms. The van der Waals surface area contributed by atoms with Crippen LogP contribution in [0, 0.1) is 5.82 Å². The number of aromatic nitrogens is 4. The summed E-state index contributed by atoms with van der Waals surface area (Å²) in [6.07, 6.45) is 0. The van der Waals surface area contributed by atoms with Crippen LogP contribution < -0.4 is 5.32 Å². The number of nitrogens with zero attached hydrogens (tertiary/aromatic N) is 4. The van der Waals surface area contributed by atoms with Gasteiger partial charge in [0.25, 0.3) is 0 Å². The molecule has 0 aliphatic heterocycles. The topological polar surface area (TPSA) is 72.7 Å². The molecule has 0 atom stereocenters. The van der Waals surface area contributed by atoms with Gasteiger partial charge in [-0.2, -0.15) is 4.68 Å². The van der Waals surface area contributed by atoms with E-state index in [-0.39, 0.29) is 11.7 Å². The molecular weight excluding hydrogens is 353 g/mol. The van der Waals surface area contributed by atoms with E-state index in [9.17, 15) is 9.18 Å². The molecule has 3 aromatic rings. The third-order valence-corrected chi connectivity index (χ3v) is 4.22. The van der Waals surface area contributed by atoms with Crippen LogP contribution in [0.2, 0.25) is 5.02 Å². The fraction of sp³-hybridized carbons (Fsp3) is 0.0667. The van der Waals surface area contributed by atoms with E-state index in [0.29, 0.717) is 21.6 Å². The lowest BCUT2D eigenvalue weighted by molar-refractivity contribution is -0.113. The summed E-state index contributed by atoms with van der Waals surface area (Å²) in [5, 5.41) is 14.8. The molecule has 0 aliphatic carbocycles. The number of carbonyl (C=O) groups is 1. The molecule has 1 aromatic heterocycles. The number of hydrogen-bond acceptors (Lipinski definition) is 5. The summed E-state index contributed by atoms with van der Waals surface area (Å²) < 4.78 is 14.7. The second-order valence-electron chi connectivity index (χ2n) is 4.67. The number of benzene rings is 2. The first kappa shape index (κ1) is 16.4. The van der Waals surface area contributed by atoms with Crippen LogP contribution in [0.15, 0.2) is 53.7 Å². The molecule has 1 amide bonds. The average Bonchev–Trinajstić information content (AvgIpc) is 3.04. The minimum atomic E-state index is -0.393. The van der Waals surface area contributed by atoms with Crippen molar-refractivity contribution in [1.29, 1.82) is 0 Å². The lowest BCUT2D eigenvalue weighted by atomic mass is 10.3. The molecule has 122 valence electrons. The van der Waals surface area contributed by atoms with Crippen LogP contribution in [0.5, 0.6) is 0 Å². The lowest BCUT2D eigenvalue weighted by Gasteiger charge is -2.07. The molecule has 0 fully saturated rings. The highest BCUT2D eigenvalue weighted by Gasteiger charge is 2.12. The Morgan fingerprint density at radius 2 is 2.08 bits per heavy atom. The Bertz CT molecular complexity index is 872. The average molecular weight is 364 g/mol. The van der Waals surface area contributed by atoms with Crippen LogP contribution in [-0.4, -0.2) is 31.9 Å². The van der Waals surface area contributed by atoms with E-state index in [1.165, 1.54) is 16.8 Å². The largest absolute Gasteiger partial charge is 0.324 e. The van der Waals surface area contributed by atoms with Gasteiger partial charge in [-0.1, -0.05) is 41.6 Å². The molecule has 0 unspecified atom stereocenters. The van der Waals surface area contributed by atoms with Gasteiger partial charge >= 0.3 is 0 Å². The van der Waals surface area contributed by atoms with Gasteiger partial charge in [-0.15, -0.1) is 5.10 Å². The van der Waals surface area contributed by atoms with Crippen LogP contribution in [0.4, 0.5) is 10.1 Å². The van der Waals surface area contributed by atoms with Gasteiger partial charge in [-0.05, 0) is 40.8 Å². The molecule has 0 aliphatic rings. The van der Waals surface area contributed by atoms with E-state index < -0.39 is 5.82 Å². The Kier molecular flexibility index (Phi) is 5.07. The first-order valence-electron chi connectivity index (χ1n) is 6.85. The van der Waals surface area contributed by atoms with Gasteiger partial charge in [0, 0.05) is 0 Å².